The highest BCUT2D eigenvalue weighted by Gasteiger charge is 2.21. The van der Waals surface area contributed by atoms with Crippen molar-refractivity contribution < 1.29 is 18.0 Å². The molecule has 0 saturated heterocycles. The molecule has 160 valence electrons. The van der Waals surface area contributed by atoms with Crippen molar-refractivity contribution in [3.63, 3.8) is 0 Å². The first-order valence-corrected chi connectivity index (χ1v) is 11.7. The van der Waals surface area contributed by atoms with Crippen LogP contribution in [0.3, 0.4) is 0 Å². The zero-order chi connectivity index (χ0) is 22.8. The Morgan fingerprint density at radius 2 is 1.52 bits per heavy atom. The third-order valence-electron chi connectivity index (χ3n) is 4.66. The van der Waals surface area contributed by atoms with E-state index in [9.17, 15) is 18.0 Å². The Morgan fingerprint density at radius 3 is 2.13 bits per heavy atom. The number of nitrogens with one attached hydrogen (secondary N) is 1. The third kappa shape index (κ3) is 4.98. The Morgan fingerprint density at radius 1 is 0.871 bits per heavy atom. The predicted molar refractivity (Wildman–Crippen MR) is 123 cm³/mol. The number of amides is 1. The normalized spacial score (nSPS) is 11.4. The molecule has 0 heterocycles. The Labute approximate surface area is 190 Å². The summed E-state index contributed by atoms with van der Waals surface area (Å²) in [5, 5.41) is 2.74. The summed E-state index contributed by atoms with van der Waals surface area (Å²) < 4.78 is 24.5. The van der Waals surface area contributed by atoms with Crippen molar-refractivity contribution in [3.8, 4) is 0 Å². The molecular weight excluding hydrogens is 457 g/mol. The third-order valence-corrected chi connectivity index (χ3v) is 7.39. The van der Waals surface area contributed by atoms with Gasteiger partial charge in [-0.05, 0) is 68.4 Å². The van der Waals surface area contributed by atoms with Gasteiger partial charge in [-0.2, -0.15) is 0 Å². The van der Waals surface area contributed by atoms with Crippen LogP contribution in [0.2, 0.25) is 10.0 Å². The maximum atomic E-state index is 13.0. The van der Waals surface area contributed by atoms with Crippen molar-refractivity contribution in [1.82, 2.24) is 0 Å². The summed E-state index contributed by atoms with van der Waals surface area (Å²) in [4.78, 5) is 25.9. The van der Waals surface area contributed by atoms with Gasteiger partial charge in [0.2, 0.25) is 0 Å². The summed E-state index contributed by atoms with van der Waals surface area (Å²) in [6.07, 6.45) is 0. The van der Waals surface area contributed by atoms with Crippen LogP contribution in [0.1, 0.15) is 40.1 Å². The van der Waals surface area contributed by atoms with Crippen LogP contribution in [0.4, 0.5) is 5.69 Å². The maximum Gasteiger partial charge on any atom is 0.255 e. The van der Waals surface area contributed by atoms with Crippen LogP contribution in [0.15, 0.2) is 71.6 Å². The molecule has 0 bridgehead atoms. The molecule has 3 aromatic rings. The molecular formula is C23H19Cl2NO4S. The largest absolute Gasteiger partial charge is 0.321 e. The second-order valence-corrected chi connectivity index (χ2v) is 10.4. The van der Waals surface area contributed by atoms with E-state index in [0.717, 1.165) is 0 Å². The fraction of sp³-hybridized carbons (Fsp3) is 0.130. The summed E-state index contributed by atoms with van der Waals surface area (Å²) in [5.74, 6) is -0.884. The molecule has 1 amide bonds. The van der Waals surface area contributed by atoms with E-state index in [1.54, 1.807) is 44.2 Å². The SMILES string of the molecule is CC(C)S(=O)(=O)c1ccc(C(=O)Nc2ccc(Cl)cc2C(=O)c2ccccc2Cl)cc1. The number of carbonyl (C=O) groups excluding carboxylic acids is 2. The first-order chi connectivity index (χ1) is 14.6. The first kappa shape index (κ1) is 23.0. The smallest absolute Gasteiger partial charge is 0.255 e. The maximum absolute atomic E-state index is 13.0. The van der Waals surface area contributed by atoms with Crippen LogP contribution in [0.25, 0.3) is 0 Å². The van der Waals surface area contributed by atoms with Crippen LogP contribution in [-0.2, 0) is 9.84 Å². The lowest BCUT2D eigenvalue weighted by Gasteiger charge is -2.13. The highest BCUT2D eigenvalue weighted by molar-refractivity contribution is 7.92. The van der Waals surface area contributed by atoms with Crippen molar-refractivity contribution in [2.45, 2.75) is 24.0 Å². The van der Waals surface area contributed by atoms with Crippen molar-refractivity contribution >= 4 is 50.4 Å². The fourth-order valence-corrected chi connectivity index (χ4v) is 4.32. The molecule has 3 aromatic carbocycles. The number of halogens is 2. The molecule has 0 spiro atoms. The van der Waals surface area contributed by atoms with Gasteiger partial charge in [0, 0.05) is 21.7 Å². The van der Waals surface area contributed by atoms with Gasteiger partial charge in [0.05, 0.1) is 20.9 Å². The molecule has 1 N–H and O–H groups in total. The van der Waals surface area contributed by atoms with E-state index in [1.165, 1.54) is 36.4 Å². The number of anilines is 1. The molecule has 31 heavy (non-hydrogen) atoms. The van der Waals surface area contributed by atoms with Gasteiger partial charge >= 0.3 is 0 Å². The van der Waals surface area contributed by atoms with E-state index in [0.29, 0.717) is 5.02 Å². The average Bonchev–Trinajstić information content (AvgIpc) is 2.74. The number of hydrogen-bond acceptors (Lipinski definition) is 4. The van der Waals surface area contributed by atoms with E-state index < -0.39 is 21.0 Å². The minimum absolute atomic E-state index is 0.139. The van der Waals surface area contributed by atoms with Crippen molar-refractivity contribution in [1.29, 1.82) is 0 Å². The molecule has 0 saturated carbocycles. The number of rotatable bonds is 6. The van der Waals surface area contributed by atoms with E-state index in [1.807, 2.05) is 0 Å². The zero-order valence-electron chi connectivity index (χ0n) is 16.7. The van der Waals surface area contributed by atoms with Gasteiger partial charge in [0.15, 0.2) is 15.6 Å². The van der Waals surface area contributed by atoms with Gasteiger partial charge in [-0.25, -0.2) is 8.42 Å². The van der Waals surface area contributed by atoms with Crippen LogP contribution in [-0.4, -0.2) is 25.4 Å². The molecule has 0 unspecified atom stereocenters. The van der Waals surface area contributed by atoms with Crippen molar-refractivity contribution in [2.24, 2.45) is 0 Å². The molecule has 8 heteroatoms. The minimum atomic E-state index is -3.44. The lowest BCUT2D eigenvalue weighted by atomic mass is 10.0. The average molecular weight is 476 g/mol. The Kier molecular flexibility index (Phi) is 6.84. The summed E-state index contributed by atoms with van der Waals surface area (Å²) in [6, 6.07) is 16.8. The van der Waals surface area contributed by atoms with E-state index in [-0.39, 0.29) is 38.1 Å². The lowest BCUT2D eigenvalue weighted by molar-refractivity contribution is 0.102. The zero-order valence-corrected chi connectivity index (χ0v) is 19.1. The second-order valence-electron chi connectivity index (χ2n) is 7.07. The van der Waals surface area contributed by atoms with Gasteiger partial charge in [-0.3, -0.25) is 9.59 Å². The number of ketones is 1. The van der Waals surface area contributed by atoms with Gasteiger partial charge < -0.3 is 5.32 Å². The van der Waals surface area contributed by atoms with Gasteiger partial charge in [0.1, 0.15) is 0 Å². The topological polar surface area (TPSA) is 80.3 Å². The van der Waals surface area contributed by atoms with Crippen LogP contribution in [0.5, 0.6) is 0 Å². The van der Waals surface area contributed by atoms with Gasteiger partial charge in [0.25, 0.3) is 5.91 Å². The van der Waals surface area contributed by atoms with Gasteiger partial charge in [-0.15, -0.1) is 0 Å². The van der Waals surface area contributed by atoms with Crippen LogP contribution < -0.4 is 5.32 Å². The predicted octanol–water partition coefficient (Wildman–Crippen LogP) is 5.66. The van der Waals surface area contributed by atoms with Crippen molar-refractivity contribution in [2.75, 3.05) is 5.32 Å². The highest BCUT2D eigenvalue weighted by Crippen LogP contribution is 2.27. The quantitative estimate of drug-likeness (QED) is 0.466. The molecule has 3 rings (SSSR count). The first-order valence-electron chi connectivity index (χ1n) is 9.35. The van der Waals surface area contributed by atoms with Crippen molar-refractivity contribution in [3.05, 3.63) is 93.5 Å². The molecule has 0 radical (unpaired) electrons. The van der Waals surface area contributed by atoms with E-state index in [2.05, 4.69) is 5.32 Å². The molecule has 0 aromatic heterocycles. The molecule has 0 aliphatic heterocycles. The molecule has 0 fully saturated rings. The van der Waals surface area contributed by atoms with Gasteiger partial charge in [-0.1, -0.05) is 35.3 Å². The number of hydrogen-bond donors (Lipinski definition) is 1. The van der Waals surface area contributed by atoms with Crippen LogP contribution >= 0.6 is 23.2 Å². The standard InChI is InChI=1S/C23H19Cl2NO4S/c1-14(2)31(29,30)17-10-7-15(8-11-17)23(28)26-21-12-9-16(24)13-19(21)22(27)18-5-3-4-6-20(18)25/h3-14H,1-2H3,(H,26,28). The molecule has 0 atom stereocenters. The summed E-state index contributed by atoms with van der Waals surface area (Å²) in [7, 11) is -3.44. The molecule has 5 nitrogen and oxygen atoms in total. The number of sulfone groups is 1. The fourth-order valence-electron chi connectivity index (χ4n) is 2.87. The molecule has 0 aliphatic rings. The van der Waals surface area contributed by atoms with E-state index in [4.69, 9.17) is 23.2 Å². The second kappa shape index (κ2) is 9.22. The Balaban J connectivity index is 1.91. The Hall–Kier alpha value is -2.67. The minimum Gasteiger partial charge on any atom is -0.321 e. The molecule has 0 aliphatic carbocycles. The highest BCUT2D eigenvalue weighted by atomic mass is 35.5. The summed E-state index contributed by atoms with van der Waals surface area (Å²) in [6.45, 7) is 3.18. The number of benzene rings is 3. The van der Waals surface area contributed by atoms with Crippen LogP contribution in [0, 0.1) is 0 Å². The monoisotopic (exact) mass is 475 g/mol. The summed E-state index contributed by atoms with van der Waals surface area (Å²) >= 11 is 12.2. The number of carbonyl (C=O) groups is 2. The van der Waals surface area contributed by atoms with E-state index >= 15 is 0 Å². The summed E-state index contributed by atoms with van der Waals surface area (Å²) in [5.41, 5.74) is 0.977. The Bertz CT molecular complexity index is 1250. The lowest BCUT2D eigenvalue weighted by Crippen LogP contribution is -2.17.